The summed E-state index contributed by atoms with van der Waals surface area (Å²) in [6, 6.07) is 0. The molecule has 0 aromatic heterocycles. The lowest BCUT2D eigenvalue weighted by atomic mass is 9.50. The average molecular weight is 236 g/mol. The zero-order valence-electron chi connectivity index (χ0n) is 10.1. The lowest BCUT2D eigenvalue weighted by Gasteiger charge is -2.56. The SMILES string of the molecule is C1C2CC3CC1CC(C2)C3[C@H]1OOC[C@H]2O[C@@H]12. The van der Waals surface area contributed by atoms with Gasteiger partial charge in [0.05, 0.1) is 0 Å². The number of hydrogen-bond acceptors (Lipinski definition) is 3. The summed E-state index contributed by atoms with van der Waals surface area (Å²) in [4.78, 5) is 10.9. The van der Waals surface area contributed by atoms with E-state index in [1.807, 2.05) is 0 Å². The van der Waals surface area contributed by atoms with E-state index in [2.05, 4.69) is 0 Å². The van der Waals surface area contributed by atoms with Gasteiger partial charge in [0.1, 0.15) is 24.9 Å². The standard InChI is InChI=1S/C14H20O3/c1-7-2-9-4-8(1)5-10(3-7)12(9)14-13-11(16-13)6-15-17-14/h7-14H,1-6H2/t7?,8?,9?,10?,11-,12?,13-,14-/m1/s1. The highest BCUT2D eigenvalue weighted by Gasteiger charge is 2.59. The van der Waals surface area contributed by atoms with Gasteiger partial charge in [0.25, 0.3) is 0 Å². The van der Waals surface area contributed by atoms with Gasteiger partial charge in [0, 0.05) is 0 Å². The van der Waals surface area contributed by atoms with Gasteiger partial charge in [-0.1, -0.05) is 0 Å². The molecule has 0 aromatic carbocycles. The van der Waals surface area contributed by atoms with Crippen molar-refractivity contribution < 1.29 is 14.5 Å². The van der Waals surface area contributed by atoms with Crippen molar-refractivity contribution in [2.75, 3.05) is 6.61 Å². The number of rotatable bonds is 1. The van der Waals surface area contributed by atoms with Gasteiger partial charge in [-0.2, -0.15) is 0 Å². The van der Waals surface area contributed by atoms with Crippen molar-refractivity contribution in [1.29, 1.82) is 0 Å². The van der Waals surface area contributed by atoms with Crippen molar-refractivity contribution in [3.05, 3.63) is 0 Å². The number of epoxide rings is 1. The Kier molecular flexibility index (Phi) is 1.87. The van der Waals surface area contributed by atoms with E-state index in [1.54, 1.807) is 0 Å². The van der Waals surface area contributed by atoms with Crippen LogP contribution in [0.25, 0.3) is 0 Å². The molecule has 0 radical (unpaired) electrons. The highest BCUT2D eigenvalue weighted by Crippen LogP contribution is 2.59. The van der Waals surface area contributed by atoms with E-state index in [1.165, 1.54) is 32.1 Å². The molecule has 3 atom stereocenters. The Balaban J connectivity index is 1.43. The molecule has 0 amide bonds. The van der Waals surface area contributed by atoms with Crippen LogP contribution in [0.15, 0.2) is 0 Å². The normalized spacial score (nSPS) is 63.5. The summed E-state index contributed by atoms with van der Waals surface area (Å²) in [7, 11) is 0. The third-order valence-electron chi connectivity index (χ3n) is 6.04. The minimum absolute atomic E-state index is 0.253. The van der Waals surface area contributed by atoms with Gasteiger partial charge >= 0.3 is 0 Å². The second-order valence-electron chi connectivity index (χ2n) is 6.99. The molecule has 4 saturated carbocycles. The predicted octanol–water partition coefficient (Wildman–Crippen LogP) is 2.16. The summed E-state index contributed by atoms with van der Waals surface area (Å²) in [6.07, 6.45) is 8.30. The lowest BCUT2D eigenvalue weighted by Crippen LogP contribution is -2.52. The maximum Gasteiger partial charge on any atom is 0.125 e. The average Bonchev–Trinajstić information content (AvgIpc) is 3.07. The van der Waals surface area contributed by atoms with Crippen molar-refractivity contribution in [2.45, 2.75) is 50.4 Å². The molecule has 6 fully saturated rings. The quantitative estimate of drug-likeness (QED) is 0.516. The first-order valence-electron chi connectivity index (χ1n) is 7.32. The summed E-state index contributed by atoms with van der Waals surface area (Å²) >= 11 is 0. The van der Waals surface area contributed by atoms with E-state index in [0.29, 0.717) is 18.8 Å². The van der Waals surface area contributed by atoms with Crippen molar-refractivity contribution >= 4 is 0 Å². The molecule has 6 rings (SSSR count). The van der Waals surface area contributed by atoms with Gasteiger partial charge in [-0.15, -0.1) is 0 Å². The molecule has 0 aromatic rings. The van der Waals surface area contributed by atoms with Gasteiger partial charge in [-0.3, -0.25) is 0 Å². The molecule has 6 aliphatic rings. The Morgan fingerprint density at radius 2 is 1.47 bits per heavy atom. The summed E-state index contributed by atoms with van der Waals surface area (Å²) in [5.41, 5.74) is 0. The number of fused-ring (bicyclic) bond motifs is 1. The van der Waals surface area contributed by atoms with E-state index in [-0.39, 0.29) is 6.10 Å². The fraction of sp³-hybridized carbons (Fsp3) is 1.00. The largest absolute Gasteiger partial charge is 0.364 e. The van der Waals surface area contributed by atoms with Gasteiger partial charge in [-0.25, -0.2) is 9.78 Å². The van der Waals surface area contributed by atoms with Crippen LogP contribution in [0.5, 0.6) is 0 Å². The van der Waals surface area contributed by atoms with Gasteiger partial charge in [0.15, 0.2) is 0 Å². The second kappa shape index (κ2) is 3.25. The molecule has 4 bridgehead atoms. The van der Waals surface area contributed by atoms with Crippen LogP contribution in [0.2, 0.25) is 0 Å². The highest BCUT2D eigenvalue weighted by atomic mass is 17.2. The molecule has 17 heavy (non-hydrogen) atoms. The minimum atomic E-state index is 0.253. The molecule has 0 spiro atoms. The molecule has 94 valence electrons. The Hall–Kier alpha value is -0.120. The smallest absolute Gasteiger partial charge is 0.125 e. The fourth-order valence-corrected chi connectivity index (χ4v) is 5.61. The highest BCUT2D eigenvalue weighted by molar-refractivity contribution is 5.05. The van der Waals surface area contributed by atoms with E-state index in [9.17, 15) is 0 Å². The summed E-state index contributed by atoms with van der Waals surface area (Å²) < 4.78 is 5.70. The van der Waals surface area contributed by atoms with Crippen molar-refractivity contribution in [2.24, 2.45) is 29.6 Å². The Morgan fingerprint density at radius 1 is 0.765 bits per heavy atom. The van der Waals surface area contributed by atoms with E-state index in [4.69, 9.17) is 14.5 Å². The first-order valence-corrected chi connectivity index (χ1v) is 7.32. The van der Waals surface area contributed by atoms with Gasteiger partial charge in [0.2, 0.25) is 0 Å². The molecule has 3 heteroatoms. The van der Waals surface area contributed by atoms with E-state index < -0.39 is 0 Å². The summed E-state index contributed by atoms with van der Waals surface area (Å²) in [6.45, 7) is 0.647. The number of hydrogen-bond donors (Lipinski definition) is 0. The molecular weight excluding hydrogens is 216 g/mol. The molecular formula is C14H20O3. The molecule has 0 N–H and O–H groups in total. The first kappa shape index (κ1) is 9.76. The van der Waals surface area contributed by atoms with Crippen LogP contribution in [0.3, 0.4) is 0 Å². The minimum Gasteiger partial charge on any atom is -0.364 e. The van der Waals surface area contributed by atoms with E-state index in [0.717, 1.165) is 29.6 Å². The molecule has 4 aliphatic carbocycles. The van der Waals surface area contributed by atoms with Crippen LogP contribution in [-0.4, -0.2) is 24.9 Å². The topological polar surface area (TPSA) is 31.0 Å². The third-order valence-corrected chi connectivity index (χ3v) is 6.04. The molecule has 0 unspecified atom stereocenters. The van der Waals surface area contributed by atoms with Crippen LogP contribution in [0, 0.1) is 29.6 Å². The monoisotopic (exact) mass is 236 g/mol. The van der Waals surface area contributed by atoms with Crippen LogP contribution in [-0.2, 0) is 14.5 Å². The molecule has 2 saturated heterocycles. The van der Waals surface area contributed by atoms with Crippen molar-refractivity contribution in [3.8, 4) is 0 Å². The molecule has 2 aliphatic heterocycles. The van der Waals surface area contributed by atoms with Gasteiger partial charge in [-0.05, 0) is 61.7 Å². The fourth-order valence-electron chi connectivity index (χ4n) is 5.61. The maximum absolute atomic E-state index is 5.70. The van der Waals surface area contributed by atoms with Crippen LogP contribution in [0.1, 0.15) is 32.1 Å². The molecule has 2 heterocycles. The van der Waals surface area contributed by atoms with Gasteiger partial charge < -0.3 is 4.74 Å². The summed E-state index contributed by atoms with van der Waals surface area (Å²) in [5, 5.41) is 0. The zero-order chi connectivity index (χ0) is 11.0. The Morgan fingerprint density at radius 3 is 2.18 bits per heavy atom. The zero-order valence-corrected chi connectivity index (χ0v) is 10.1. The Bertz CT molecular complexity index is 314. The predicted molar refractivity (Wildman–Crippen MR) is 60.0 cm³/mol. The lowest BCUT2D eigenvalue weighted by molar-refractivity contribution is -0.356. The van der Waals surface area contributed by atoms with Crippen LogP contribution in [0.4, 0.5) is 0 Å². The summed E-state index contributed by atoms with van der Waals surface area (Å²) in [5.74, 6) is 4.62. The van der Waals surface area contributed by atoms with Crippen LogP contribution < -0.4 is 0 Å². The first-order chi connectivity index (χ1) is 8.38. The van der Waals surface area contributed by atoms with Crippen LogP contribution >= 0.6 is 0 Å². The second-order valence-corrected chi connectivity index (χ2v) is 6.99. The number of ether oxygens (including phenoxy) is 1. The molecule has 3 nitrogen and oxygen atoms in total. The van der Waals surface area contributed by atoms with Crippen molar-refractivity contribution in [3.63, 3.8) is 0 Å². The Labute approximate surface area is 102 Å². The van der Waals surface area contributed by atoms with Crippen molar-refractivity contribution in [1.82, 2.24) is 0 Å². The van der Waals surface area contributed by atoms with E-state index >= 15 is 0 Å². The third kappa shape index (κ3) is 1.33. The maximum atomic E-state index is 5.70.